The predicted octanol–water partition coefficient (Wildman–Crippen LogP) is 3.28. The van der Waals surface area contributed by atoms with E-state index in [9.17, 15) is 4.79 Å². The van der Waals surface area contributed by atoms with Crippen LogP contribution in [-0.2, 0) is 0 Å². The molecule has 18 heavy (non-hydrogen) atoms. The predicted molar refractivity (Wildman–Crippen MR) is 73.1 cm³/mol. The van der Waals surface area contributed by atoms with Crippen LogP contribution in [0.25, 0.3) is 10.9 Å². The second kappa shape index (κ2) is 4.09. The molecule has 1 aromatic heterocycles. The van der Waals surface area contributed by atoms with Gasteiger partial charge >= 0.3 is 0 Å². The lowest BCUT2D eigenvalue weighted by molar-refractivity contribution is 0.607. The van der Waals surface area contributed by atoms with Crippen molar-refractivity contribution in [1.82, 2.24) is 9.55 Å². The van der Waals surface area contributed by atoms with Gasteiger partial charge in [-0.15, -0.1) is 11.6 Å². The van der Waals surface area contributed by atoms with Gasteiger partial charge in [-0.2, -0.15) is 0 Å². The van der Waals surface area contributed by atoms with Crippen molar-refractivity contribution in [2.24, 2.45) is 5.92 Å². The highest BCUT2D eigenvalue weighted by Gasteiger charge is 2.37. The fourth-order valence-corrected chi connectivity index (χ4v) is 2.58. The van der Waals surface area contributed by atoms with Crippen molar-refractivity contribution < 1.29 is 0 Å². The van der Waals surface area contributed by atoms with Crippen LogP contribution in [0.2, 0.25) is 0 Å². The molecule has 0 saturated heterocycles. The first-order valence-corrected chi connectivity index (χ1v) is 6.68. The number of hydrogen-bond acceptors (Lipinski definition) is 2. The van der Waals surface area contributed by atoms with Crippen molar-refractivity contribution in [3.05, 3.63) is 40.4 Å². The maximum absolute atomic E-state index is 12.5. The molecule has 1 fully saturated rings. The fourth-order valence-electron chi connectivity index (χ4n) is 2.43. The van der Waals surface area contributed by atoms with E-state index in [1.54, 1.807) is 4.57 Å². The minimum atomic E-state index is -0.255. The fraction of sp³-hybridized carbons (Fsp3) is 0.429. The molecule has 0 bridgehead atoms. The van der Waals surface area contributed by atoms with Gasteiger partial charge in [-0.3, -0.25) is 9.36 Å². The van der Waals surface area contributed by atoms with Crippen LogP contribution in [0.3, 0.4) is 0 Å². The molecule has 0 aliphatic heterocycles. The minimum absolute atomic E-state index is 0.0393. The van der Waals surface area contributed by atoms with Crippen LogP contribution in [0.15, 0.2) is 29.1 Å². The summed E-state index contributed by atoms with van der Waals surface area (Å²) in [5.41, 5.74) is 0.770. The first kappa shape index (κ1) is 11.7. The second-order valence-electron chi connectivity index (χ2n) is 5.06. The number of halogens is 1. The van der Waals surface area contributed by atoms with E-state index in [0.717, 1.165) is 11.9 Å². The molecular formula is C14H15ClN2O. The van der Waals surface area contributed by atoms with Gasteiger partial charge in [0.15, 0.2) is 0 Å². The number of fused-ring (bicyclic) bond motifs is 1. The Morgan fingerprint density at radius 3 is 2.72 bits per heavy atom. The molecule has 3 rings (SSSR count). The first-order valence-electron chi connectivity index (χ1n) is 6.25. The Morgan fingerprint density at radius 1 is 1.44 bits per heavy atom. The summed E-state index contributed by atoms with van der Waals surface area (Å²) in [6.07, 6.45) is 1.04. The summed E-state index contributed by atoms with van der Waals surface area (Å²) >= 11 is 6.18. The van der Waals surface area contributed by atoms with Crippen LogP contribution in [0, 0.1) is 5.92 Å². The number of para-hydroxylation sites is 1. The lowest BCUT2D eigenvalue weighted by Gasteiger charge is -2.14. The summed E-state index contributed by atoms with van der Waals surface area (Å²) in [7, 11) is 0. The molecule has 1 saturated carbocycles. The van der Waals surface area contributed by atoms with Crippen molar-refractivity contribution in [2.45, 2.75) is 31.7 Å². The molecular weight excluding hydrogens is 248 g/mol. The van der Waals surface area contributed by atoms with Gasteiger partial charge in [0.1, 0.15) is 5.82 Å². The quantitative estimate of drug-likeness (QED) is 0.779. The molecule has 1 aromatic carbocycles. The molecule has 3 nitrogen and oxygen atoms in total. The van der Waals surface area contributed by atoms with Gasteiger partial charge in [0.25, 0.3) is 5.56 Å². The van der Waals surface area contributed by atoms with Crippen molar-refractivity contribution in [3.8, 4) is 0 Å². The van der Waals surface area contributed by atoms with Crippen molar-refractivity contribution >= 4 is 22.5 Å². The maximum Gasteiger partial charge on any atom is 0.261 e. The lowest BCUT2D eigenvalue weighted by atomic mass is 10.2. The largest absolute Gasteiger partial charge is 0.291 e. The molecule has 0 radical (unpaired) electrons. The minimum Gasteiger partial charge on any atom is -0.291 e. The highest BCUT2D eigenvalue weighted by Crippen LogP contribution is 2.43. The summed E-state index contributed by atoms with van der Waals surface area (Å²) in [5.74, 6) is 1.23. The van der Waals surface area contributed by atoms with Crippen LogP contribution < -0.4 is 5.56 Å². The third kappa shape index (κ3) is 1.74. The zero-order chi connectivity index (χ0) is 12.9. The average Bonchev–Trinajstić information content (AvgIpc) is 3.05. The summed E-state index contributed by atoms with van der Waals surface area (Å²) in [4.78, 5) is 17.1. The zero-order valence-corrected chi connectivity index (χ0v) is 11.2. The molecule has 1 heterocycles. The molecule has 0 N–H and O–H groups in total. The number of benzene rings is 1. The molecule has 4 heteroatoms. The molecule has 1 aliphatic carbocycles. The Morgan fingerprint density at radius 2 is 2.11 bits per heavy atom. The third-order valence-corrected chi connectivity index (χ3v) is 3.78. The van der Waals surface area contributed by atoms with Crippen LogP contribution in [0.1, 0.15) is 37.5 Å². The van der Waals surface area contributed by atoms with E-state index in [0.29, 0.717) is 17.1 Å². The zero-order valence-electron chi connectivity index (χ0n) is 10.4. The number of aromatic nitrogens is 2. The van der Waals surface area contributed by atoms with E-state index in [4.69, 9.17) is 11.6 Å². The highest BCUT2D eigenvalue weighted by molar-refractivity contribution is 6.20. The number of alkyl halides is 1. The average molecular weight is 263 g/mol. The molecule has 0 spiro atoms. The normalized spacial score (nSPS) is 24.2. The Hall–Kier alpha value is -1.35. The van der Waals surface area contributed by atoms with E-state index in [1.807, 2.05) is 31.2 Å². The SMILES string of the molecule is CC(Cl)c1nc2ccccc2c(=O)n1C1CC1C. The Kier molecular flexibility index (Phi) is 2.67. The Balaban J connectivity index is 2.33. The lowest BCUT2D eigenvalue weighted by Crippen LogP contribution is -2.25. The molecule has 1 aliphatic rings. The molecule has 2 aromatic rings. The topological polar surface area (TPSA) is 34.9 Å². The summed E-state index contributed by atoms with van der Waals surface area (Å²) in [5, 5.41) is 0.424. The third-order valence-electron chi connectivity index (χ3n) is 3.59. The number of hydrogen-bond donors (Lipinski definition) is 0. The van der Waals surface area contributed by atoms with Crippen LogP contribution in [0.4, 0.5) is 0 Å². The van der Waals surface area contributed by atoms with Crippen LogP contribution in [0.5, 0.6) is 0 Å². The van der Waals surface area contributed by atoms with E-state index in [2.05, 4.69) is 11.9 Å². The second-order valence-corrected chi connectivity index (χ2v) is 5.71. The molecule has 3 atom stereocenters. The monoisotopic (exact) mass is 262 g/mol. The number of rotatable bonds is 2. The highest BCUT2D eigenvalue weighted by atomic mass is 35.5. The van der Waals surface area contributed by atoms with E-state index < -0.39 is 0 Å². The van der Waals surface area contributed by atoms with Gasteiger partial charge in [0.2, 0.25) is 0 Å². The summed E-state index contributed by atoms with van der Waals surface area (Å²) < 4.78 is 1.80. The smallest absolute Gasteiger partial charge is 0.261 e. The van der Waals surface area contributed by atoms with Crippen LogP contribution >= 0.6 is 11.6 Å². The van der Waals surface area contributed by atoms with Gasteiger partial charge in [0.05, 0.1) is 16.3 Å². The Bertz CT molecular complexity index is 662. The molecule has 94 valence electrons. The van der Waals surface area contributed by atoms with E-state index in [1.165, 1.54) is 0 Å². The first-order chi connectivity index (χ1) is 8.59. The van der Waals surface area contributed by atoms with Crippen molar-refractivity contribution in [3.63, 3.8) is 0 Å². The van der Waals surface area contributed by atoms with E-state index in [-0.39, 0.29) is 17.0 Å². The standard InChI is InChI=1S/C14H15ClN2O/c1-8-7-12(8)17-13(9(2)15)16-11-6-4-3-5-10(11)14(17)18/h3-6,8-9,12H,7H2,1-2H3. The Labute approximate surface area is 110 Å². The number of nitrogens with zero attached hydrogens (tertiary/aromatic N) is 2. The van der Waals surface area contributed by atoms with Crippen molar-refractivity contribution in [2.75, 3.05) is 0 Å². The van der Waals surface area contributed by atoms with E-state index >= 15 is 0 Å². The van der Waals surface area contributed by atoms with Gasteiger partial charge in [-0.25, -0.2) is 4.98 Å². The summed E-state index contributed by atoms with van der Waals surface area (Å²) in [6, 6.07) is 7.72. The van der Waals surface area contributed by atoms with Crippen LogP contribution in [-0.4, -0.2) is 9.55 Å². The molecule has 3 unspecified atom stereocenters. The van der Waals surface area contributed by atoms with Gasteiger partial charge in [-0.05, 0) is 31.4 Å². The maximum atomic E-state index is 12.5. The van der Waals surface area contributed by atoms with Gasteiger partial charge in [0, 0.05) is 6.04 Å². The van der Waals surface area contributed by atoms with Gasteiger partial charge < -0.3 is 0 Å². The molecule has 0 amide bonds. The van der Waals surface area contributed by atoms with Crippen molar-refractivity contribution in [1.29, 1.82) is 0 Å². The van der Waals surface area contributed by atoms with Gasteiger partial charge in [-0.1, -0.05) is 19.1 Å². The summed E-state index contributed by atoms with van der Waals surface area (Å²) in [6.45, 7) is 4.01.